The molecule has 1 atom stereocenters. The van der Waals surface area contributed by atoms with Gasteiger partial charge < -0.3 is 14.4 Å². The summed E-state index contributed by atoms with van der Waals surface area (Å²) in [7, 11) is 1.69. The highest BCUT2D eigenvalue weighted by Gasteiger charge is 2.22. The zero-order valence-corrected chi connectivity index (χ0v) is 13.7. The van der Waals surface area contributed by atoms with Crippen LogP contribution in [0.1, 0.15) is 11.7 Å². The molecule has 3 aromatic rings. The van der Waals surface area contributed by atoms with Gasteiger partial charge in [0.2, 0.25) is 0 Å². The first-order chi connectivity index (χ1) is 11.8. The van der Waals surface area contributed by atoms with Crippen LogP contribution in [0.5, 0.6) is 5.75 Å². The third-order valence-corrected chi connectivity index (χ3v) is 4.54. The van der Waals surface area contributed by atoms with E-state index in [0.717, 1.165) is 25.4 Å². The third-order valence-electron chi connectivity index (χ3n) is 4.54. The lowest BCUT2D eigenvalue weighted by Crippen LogP contribution is -2.38. The van der Waals surface area contributed by atoms with E-state index >= 15 is 0 Å². The first-order valence-corrected chi connectivity index (χ1v) is 8.18. The number of nitrogens with zero attached hydrogens (tertiary/aromatic N) is 2. The van der Waals surface area contributed by atoms with Crippen molar-refractivity contribution in [1.29, 1.82) is 0 Å². The van der Waals surface area contributed by atoms with E-state index in [0.29, 0.717) is 0 Å². The molecule has 1 aliphatic rings. The van der Waals surface area contributed by atoms with E-state index in [4.69, 9.17) is 9.47 Å². The Morgan fingerprint density at radius 2 is 1.83 bits per heavy atom. The molecule has 0 amide bonds. The fourth-order valence-electron chi connectivity index (χ4n) is 3.21. The van der Waals surface area contributed by atoms with Crippen molar-refractivity contribution in [3.05, 3.63) is 66.5 Å². The highest BCUT2D eigenvalue weighted by Crippen LogP contribution is 2.29. The Bertz CT molecular complexity index is 835. The minimum absolute atomic E-state index is 0.0819. The van der Waals surface area contributed by atoms with Gasteiger partial charge in [-0.3, -0.25) is 4.98 Å². The summed E-state index contributed by atoms with van der Waals surface area (Å²) in [6, 6.07) is 16.8. The minimum Gasteiger partial charge on any atom is -0.497 e. The Kier molecular flexibility index (Phi) is 4.05. The third kappa shape index (κ3) is 2.93. The fourth-order valence-corrected chi connectivity index (χ4v) is 3.21. The molecule has 0 aliphatic carbocycles. The van der Waals surface area contributed by atoms with E-state index in [9.17, 15) is 0 Å². The predicted octanol–water partition coefficient (Wildman–Crippen LogP) is 3.82. The molecule has 0 saturated carbocycles. The Morgan fingerprint density at radius 3 is 2.67 bits per heavy atom. The van der Waals surface area contributed by atoms with Crippen molar-refractivity contribution >= 4 is 16.5 Å². The number of hydrogen-bond donors (Lipinski definition) is 0. The molecule has 0 bridgehead atoms. The number of morpholine rings is 1. The molecule has 24 heavy (non-hydrogen) atoms. The molecule has 0 unspecified atom stereocenters. The largest absolute Gasteiger partial charge is 0.497 e. The summed E-state index contributed by atoms with van der Waals surface area (Å²) in [4.78, 5) is 6.45. The predicted molar refractivity (Wildman–Crippen MR) is 95.6 cm³/mol. The van der Waals surface area contributed by atoms with Crippen molar-refractivity contribution < 1.29 is 9.47 Å². The summed E-state index contributed by atoms with van der Waals surface area (Å²) in [6.45, 7) is 2.49. The molecule has 1 aromatic heterocycles. The highest BCUT2D eigenvalue weighted by atomic mass is 16.5. The van der Waals surface area contributed by atoms with Gasteiger partial charge >= 0.3 is 0 Å². The zero-order chi connectivity index (χ0) is 16.4. The van der Waals surface area contributed by atoms with Gasteiger partial charge in [0.1, 0.15) is 11.9 Å². The normalized spacial score (nSPS) is 17.9. The van der Waals surface area contributed by atoms with Crippen LogP contribution in [0.3, 0.4) is 0 Å². The van der Waals surface area contributed by atoms with Crippen LogP contribution in [0.2, 0.25) is 0 Å². The van der Waals surface area contributed by atoms with Crippen molar-refractivity contribution in [3.8, 4) is 5.75 Å². The Labute approximate surface area is 141 Å². The maximum atomic E-state index is 6.03. The molecule has 0 radical (unpaired) electrons. The van der Waals surface area contributed by atoms with Crippen LogP contribution in [0.25, 0.3) is 10.8 Å². The smallest absolute Gasteiger partial charge is 0.119 e. The molecule has 1 fully saturated rings. The molecule has 1 aliphatic heterocycles. The van der Waals surface area contributed by atoms with Crippen molar-refractivity contribution in [1.82, 2.24) is 4.98 Å². The number of methoxy groups -OCH3 is 1. The van der Waals surface area contributed by atoms with Gasteiger partial charge in [0, 0.05) is 31.2 Å². The Balaban J connectivity index is 1.59. The standard InChI is InChI=1S/C20H20N2O2/c1-23-19-5-4-15-12-17(3-2-16(15)13-19)20-14-22(10-11-24-20)18-6-8-21-9-7-18/h2-9,12-13,20H,10-11,14H2,1H3/t20-/m1/s1. The second-order valence-corrected chi connectivity index (χ2v) is 5.98. The number of hydrogen-bond acceptors (Lipinski definition) is 4. The van der Waals surface area contributed by atoms with Crippen LogP contribution in [-0.4, -0.2) is 31.8 Å². The van der Waals surface area contributed by atoms with Gasteiger partial charge in [-0.25, -0.2) is 0 Å². The van der Waals surface area contributed by atoms with Crippen molar-refractivity contribution in [3.63, 3.8) is 0 Å². The topological polar surface area (TPSA) is 34.6 Å². The van der Waals surface area contributed by atoms with E-state index in [1.54, 1.807) is 7.11 Å². The molecule has 4 rings (SSSR count). The van der Waals surface area contributed by atoms with Crippen molar-refractivity contribution in [2.75, 3.05) is 31.7 Å². The second-order valence-electron chi connectivity index (χ2n) is 5.98. The average Bonchev–Trinajstić information content (AvgIpc) is 2.68. The zero-order valence-electron chi connectivity index (χ0n) is 13.7. The van der Waals surface area contributed by atoms with E-state index in [-0.39, 0.29) is 6.10 Å². The second kappa shape index (κ2) is 6.49. The van der Waals surface area contributed by atoms with E-state index in [2.05, 4.69) is 52.3 Å². The number of fused-ring (bicyclic) bond motifs is 1. The van der Waals surface area contributed by atoms with Crippen LogP contribution < -0.4 is 9.64 Å². The summed E-state index contributed by atoms with van der Waals surface area (Å²) >= 11 is 0. The monoisotopic (exact) mass is 320 g/mol. The van der Waals surface area contributed by atoms with E-state index in [1.807, 2.05) is 18.5 Å². The number of ether oxygens (including phenoxy) is 2. The molecular formula is C20H20N2O2. The van der Waals surface area contributed by atoms with Crippen LogP contribution in [0, 0.1) is 0 Å². The minimum atomic E-state index is 0.0819. The van der Waals surface area contributed by atoms with Gasteiger partial charge in [-0.1, -0.05) is 18.2 Å². The molecule has 0 N–H and O–H groups in total. The van der Waals surface area contributed by atoms with Gasteiger partial charge in [0.15, 0.2) is 0 Å². The molecule has 122 valence electrons. The van der Waals surface area contributed by atoms with Gasteiger partial charge in [0.25, 0.3) is 0 Å². The molecule has 4 heteroatoms. The van der Waals surface area contributed by atoms with Gasteiger partial charge in [0.05, 0.1) is 13.7 Å². The Hall–Kier alpha value is -2.59. The van der Waals surface area contributed by atoms with Gasteiger partial charge in [-0.15, -0.1) is 0 Å². The van der Waals surface area contributed by atoms with Crippen LogP contribution in [-0.2, 0) is 4.74 Å². The summed E-state index contributed by atoms with van der Waals surface area (Å²) in [5.74, 6) is 0.882. The quantitative estimate of drug-likeness (QED) is 0.735. The molecule has 1 saturated heterocycles. The van der Waals surface area contributed by atoms with Crippen LogP contribution >= 0.6 is 0 Å². The molecule has 0 spiro atoms. The highest BCUT2D eigenvalue weighted by molar-refractivity contribution is 5.84. The molecular weight excluding hydrogens is 300 g/mol. The summed E-state index contributed by atoms with van der Waals surface area (Å²) < 4.78 is 11.3. The molecule has 2 heterocycles. The molecule has 2 aromatic carbocycles. The average molecular weight is 320 g/mol. The number of rotatable bonds is 3. The van der Waals surface area contributed by atoms with E-state index < -0.39 is 0 Å². The van der Waals surface area contributed by atoms with Crippen LogP contribution in [0.15, 0.2) is 60.9 Å². The van der Waals surface area contributed by atoms with Crippen molar-refractivity contribution in [2.24, 2.45) is 0 Å². The number of benzene rings is 2. The van der Waals surface area contributed by atoms with Crippen molar-refractivity contribution in [2.45, 2.75) is 6.10 Å². The Morgan fingerprint density at radius 1 is 1.04 bits per heavy atom. The number of aromatic nitrogens is 1. The summed E-state index contributed by atoms with van der Waals surface area (Å²) in [5.41, 5.74) is 2.41. The van der Waals surface area contributed by atoms with Gasteiger partial charge in [-0.2, -0.15) is 0 Å². The summed E-state index contributed by atoms with van der Waals surface area (Å²) in [6.07, 6.45) is 3.75. The fraction of sp³-hybridized carbons (Fsp3) is 0.250. The lowest BCUT2D eigenvalue weighted by Gasteiger charge is -2.34. The maximum Gasteiger partial charge on any atom is 0.119 e. The summed E-state index contributed by atoms with van der Waals surface area (Å²) in [5, 5.41) is 2.39. The molecule has 4 nitrogen and oxygen atoms in total. The van der Waals surface area contributed by atoms with Crippen LogP contribution in [0.4, 0.5) is 5.69 Å². The SMILES string of the molecule is COc1ccc2cc([C@H]3CN(c4ccncc4)CCO3)ccc2c1. The number of anilines is 1. The van der Waals surface area contributed by atoms with E-state index in [1.165, 1.54) is 22.0 Å². The lowest BCUT2D eigenvalue weighted by atomic mass is 10.0. The number of pyridine rings is 1. The first-order valence-electron chi connectivity index (χ1n) is 8.18. The lowest BCUT2D eigenvalue weighted by molar-refractivity contribution is 0.0399. The van der Waals surface area contributed by atoms with Gasteiger partial charge in [-0.05, 0) is 46.7 Å². The maximum absolute atomic E-state index is 6.03. The first kappa shape index (κ1) is 15.0.